The summed E-state index contributed by atoms with van der Waals surface area (Å²) < 4.78 is 40.3. The van der Waals surface area contributed by atoms with E-state index < -0.39 is 10.0 Å². The number of halogens is 3. The van der Waals surface area contributed by atoms with Gasteiger partial charge in [0.15, 0.2) is 17.0 Å². The molecule has 186 valence electrons. The number of piperazine rings is 1. The molecule has 1 fully saturated rings. The van der Waals surface area contributed by atoms with Crippen LogP contribution in [0.4, 0.5) is 10.2 Å². The van der Waals surface area contributed by atoms with Gasteiger partial charge in [0.05, 0.1) is 11.3 Å². The molecular formula is C21H28Cl2FN7O2S. The Bertz CT molecular complexity index is 1250. The van der Waals surface area contributed by atoms with Crippen LogP contribution in [-0.2, 0) is 16.6 Å². The number of aryl methyl sites for hydroxylation is 1. The summed E-state index contributed by atoms with van der Waals surface area (Å²) in [6.07, 6.45) is 1.13. The van der Waals surface area contributed by atoms with Crippen LogP contribution >= 0.6 is 24.0 Å². The smallest absolute Gasteiger partial charge is 0.208 e. The molecule has 4 rings (SSSR count). The maximum atomic E-state index is 12.7. The molecule has 1 N–H and O–H groups in total. The molecule has 0 bridgehead atoms. The van der Waals surface area contributed by atoms with Gasteiger partial charge in [-0.3, -0.25) is 4.90 Å². The predicted molar refractivity (Wildman–Crippen MR) is 135 cm³/mol. The molecule has 2 aromatic heterocycles. The zero-order chi connectivity index (χ0) is 23.6. The van der Waals surface area contributed by atoms with E-state index in [1.54, 1.807) is 6.07 Å². The van der Waals surface area contributed by atoms with Crippen LogP contribution in [0.5, 0.6) is 0 Å². The predicted octanol–water partition coefficient (Wildman–Crippen LogP) is 2.52. The average Bonchev–Trinajstić information content (AvgIpc) is 3.11. The number of benzene rings is 1. The van der Waals surface area contributed by atoms with Crippen molar-refractivity contribution < 1.29 is 12.8 Å². The molecule has 0 atom stereocenters. The topological polar surface area (TPSA) is 96.3 Å². The number of aromatic nitrogens is 4. The van der Waals surface area contributed by atoms with E-state index in [2.05, 4.69) is 24.5 Å². The van der Waals surface area contributed by atoms with Gasteiger partial charge in [0.2, 0.25) is 10.0 Å². The third kappa shape index (κ3) is 5.95. The SMILES string of the molecule is Cc1nc(N2CCN(CCF)CC2)c2nc(-c3ccccc3Cl)n(CCNS(C)(=O)=O)c2n1.Cl. The quantitative estimate of drug-likeness (QED) is 0.477. The highest BCUT2D eigenvalue weighted by molar-refractivity contribution is 7.88. The van der Waals surface area contributed by atoms with E-state index in [-0.39, 0.29) is 25.6 Å². The van der Waals surface area contributed by atoms with Crippen molar-refractivity contribution in [3.63, 3.8) is 0 Å². The Morgan fingerprint density at radius 2 is 1.79 bits per heavy atom. The third-order valence-corrected chi connectivity index (χ3v) is 6.63. The van der Waals surface area contributed by atoms with Crippen LogP contribution in [0.2, 0.25) is 5.02 Å². The van der Waals surface area contributed by atoms with Crippen LogP contribution in [-0.4, -0.2) is 85.0 Å². The minimum absolute atomic E-state index is 0. The van der Waals surface area contributed by atoms with Gasteiger partial charge >= 0.3 is 0 Å². The van der Waals surface area contributed by atoms with Gasteiger partial charge in [-0.05, 0) is 19.1 Å². The fourth-order valence-corrected chi connectivity index (χ4v) is 4.70. The van der Waals surface area contributed by atoms with Gasteiger partial charge in [-0.25, -0.2) is 32.5 Å². The maximum Gasteiger partial charge on any atom is 0.208 e. The summed E-state index contributed by atoms with van der Waals surface area (Å²) in [7, 11) is -3.34. The van der Waals surface area contributed by atoms with Crippen molar-refractivity contribution in [2.75, 3.05) is 57.1 Å². The Morgan fingerprint density at radius 1 is 1.09 bits per heavy atom. The lowest BCUT2D eigenvalue weighted by Crippen LogP contribution is -2.47. The highest BCUT2D eigenvalue weighted by atomic mass is 35.5. The molecule has 34 heavy (non-hydrogen) atoms. The van der Waals surface area contributed by atoms with Gasteiger partial charge in [0, 0.05) is 51.4 Å². The fraction of sp³-hybridized carbons (Fsp3) is 0.476. The number of imidazole rings is 1. The summed E-state index contributed by atoms with van der Waals surface area (Å²) in [6.45, 7) is 5.30. The number of hydrogen-bond donors (Lipinski definition) is 1. The van der Waals surface area contributed by atoms with E-state index in [9.17, 15) is 12.8 Å². The van der Waals surface area contributed by atoms with Gasteiger partial charge in [0.25, 0.3) is 0 Å². The summed E-state index contributed by atoms with van der Waals surface area (Å²) >= 11 is 6.48. The van der Waals surface area contributed by atoms with Crippen LogP contribution in [0.25, 0.3) is 22.6 Å². The molecule has 13 heteroatoms. The molecular weight excluding hydrogens is 504 g/mol. The number of hydrogen-bond acceptors (Lipinski definition) is 7. The molecule has 1 aliphatic heterocycles. The molecule has 0 radical (unpaired) electrons. The van der Waals surface area contributed by atoms with Crippen molar-refractivity contribution in [3.8, 4) is 11.4 Å². The molecule has 1 aromatic carbocycles. The second-order valence-corrected chi connectivity index (χ2v) is 10.3. The minimum atomic E-state index is -3.34. The first-order chi connectivity index (χ1) is 15.8. The summed E-state index contributed by atoms with van der Waals surface area (Å²) in [5.41, 5.74) is 1.98. The third-order valence-electron chi connectivity index (χ3n) is 5.58. The molecule has 9 nitrogen and oxygen atoms in total. The fourth-order valence-electron chi connectivity index (χ4n) is 4.02. The molecule has 0 saturated carbocycles. The number of sulfonamides is 1. The Balaban J connectivity index is 0.00000324. The van der Waals surface area contributed by atoms with E-state index in [0.29, 0.717) is 54.0 Å². The zero-order valence-electron chi connectivity index (χ0n) is 19.0. The minimum Gasteiger partial charge on any atom is -0.352 e. The van der Waals surface area contributed by atoms with Gasteiger partial charge in [0.1, 0.15) is 18.3 Å². The maximum absolute atomic E-state index is 12.7. The summed E-state index contributed by atoms with van der Waals surface area (Å²) in [5, 5.41) is 0.538. The van der Waals surface area contributed by atoms with Gasteiger partial charge in [-0.15, -0.1) is 12.4 Å². The van der Waals surface area contributed by atoms with Gasteiger partial charge in [-0.1, -0.05) is 23.7 Å². The molecule has 0 aliphatic carbocycles. The number of nitrogens with one attached hydrogen (secondary N) is 1. The second kappa shape index (κ2) is 11.1. The highest BCUT2D eigenvalue weighted by Gasteiger charge is 2.25. The molecule has 0 unspecified atom stereocenters. The molecule has 3 heterocycles. The first kappa shape index (κ1) is 26.6. The van der Waals surface area contributed by atoms with Crippen molar-refractivity contribution in [1.29, 1.82) is 0 Å². The number of fused-ring (bicyclic) bond motifs is 1. The van der Waals surface area contributed by atoms with E-state index in [1.807, 2.05) is 29.7 Å². The Morgan fingerprint density at radius 3 is 2.44 bits per heavy atom. The van der Waals surface area contributed by atoms with Crippen LogP contribution in [0, 0.1) is 6.92 Å². The number of anilines is 1. The molecule has 1 aliphatic rings. The van der Waals surface area contributed by atoms with Crippen molar-refractivity contribution >= 4 is 51.0 Å². The lowest BCUT2D eigenvalue weighted by atomic mass is 10.2. The van der Waals surface area contributed by atoms with Crippen LogP contribution < -0.4 is 9.62 Å². The standard InChI is InChI=1S/C21H27ClFN7O2S.ClH/c1-15-25-20(29-13-11-28(9-7-23)12-14-29)18-21(26-15)30(10-8-24-33(2,31)32)19(27-18)16-5-3-4-6-17(16)22;/h3-6,24H,7-14H2,1-2H3;1H. The summed E-state index contributed by atoms with van der Waals surface area (Å²) in [5.74, 6) is 1.91. The Kier molecular flexibility index (Phi) is 8.69. The normalized spacial score (nSPS) is 15.0. The Hall–Kier alpha value is -2.05. The largest absolute Gasteiger partial charge is 0.352 e. The van der Waals surface area contributed by atoms with E-state index in [4.69, 9.17) is 16.6 Å². The number of nitrogens with zero attached hydrogens (tertiary/aromatic N) is 6. The van der Waals surface area contributed by atoms with Crippen molar-refractivity contribution in [2.45, 2.75) is 13.5 Å². The van der Waals surface area contributed by atoms with Crippen LogP contribution in [0.3, 0.4) is 0 Å². The van der Waals surface area contributed by atoms with E-state index in [1.165, 1.54) is 0 Å². The molecule has 0 spiro atoms. The van der Waals surface area contributed by atoms with Gasteiger partial charge in [-0.2, -0.15) is 0 Å². The van der Waals surface area contributed by atoms with E-state index >= 15 is 0 Å². The van der Waals surface area contributed by atoms with E-state index in [0.717, 1.165) is 30.7 Å². The Labute approximate surface area is 209 Å². The molecule has 1 saturated heterocycles. The molecule has 0 amide bonds. The monoisotopic (exact) mass is 531 g/mol. The number of alkyl halides is 1. The highest BCUT2D eigenvalue weighted by Crippen LogP contribution is 2.33. The molecule has 3 aromatic rings. The zero-order valence-corrected chi connectivity index (χ0v) is 21.4. The van der Waals surface area contributed by atoms with Crippen LogP contribution in [0.1, 0.15) is 5.82 Å². The first-order valence-corrected chi connectivity index (χ1v) is 13.0. The number of rotatable bonds is 8. The summed E-state index contributed by atoms with van der Waals surface area (Å²) in [6, 6.07) is 7.38. The summed E-state index contributed by atoms with van der Waals surface area (Å²) in [4.78, 5) is 18.5. The van der Waals surface area contributed by atoms with Crippen molar-refractivity contribution in [2.24, 2.45) is 0 Å². The van der Waals surface area contributed by atoms with Crippen molar-refractivity contribution in [3.05, 3.63) is 35.1 Å². The van der Waals surface area contributed by atoms with Crippen LogP contribution in [0.15, 0.2) is 24.3 Å². The average molecular weight is 532 g/mol. The van der Waals surface area contributed by atoms with Crippen molar-refractivity contribution in [1.82, 2.24) is 29.1 Å². The second-order valence-electron chi connectivity index (χ2n) is 8.02. The van der Waals surface area contributed by atoms with Gasteiger partial charge < -0.3 is 9.47 Å². The first-order valence-electron chi connectivity index (χ1n) is 10.7. The lowest BCUT2D eigenvalue weighted by Gasteiger charge is -2.34. The lowest BCUT2D eigenvalue weighted by molar-refractivity contribution is 0.235.